The highest BCUT2D eigenvalue weighted by atomic mass is 15.2. The second kappa shape index (κ2) is 3.53. The summed E-state index contributed by atoms with van der Waals surface area (Å²) in [5, 5.41) is 0. The fourth-order valence-corrected chi connectivity index (χ4v) is 3.37. The number of para-hydroxylation sites is 1. The van der Waals surface area contributed by atoms with Gasteiger partial charge in [0.15, 0.2) is 0 Å². The molecule has 0 aromatic heterocycles. The van der Waals surface area contributed by atoms with E-state index < -0.39 is 0 Å². The summed E-state index contributed by atoms with van der Waals surface area (Å²) in [6.07, 6.45) is 4.16. The lowest BCUT2D eigenvalue weighted by atomic mass is 9.98. The molecule has 1 heterocycles. The number of hydrogen-bond acceptors (Lipinski definition) is 1. The molecule has 0 bridgehead atoms. The van der Waals surface area contributed by atoms with Crippen molar-refractivity contribution >= 4 is 5.69 Å². The molecule has 2 unspecified atom stereocenters. The Labute approximate surface area is 91.1 Å². The minimum absolute atomic E-state index is 0.782. The maximum Gasteiger partial charge on any atom is 0.0918 e. The highest BCUT2D eigenvalue weighted by Crippen LogP contribution is 2.48. The predicted octanol–water partition coefficient (Wildman–Crippen LogP) is 1.38. The van der Waals surface area contributed by atoms with E-state index in [4.69, 9.17) is 0 Å². The Morgan fingerprint density at radius 3 is 3.00 bits per heavy atom. The Bertz CT molecular complexity index is 361. The van der Waals surface area contributed by atoms with E-state index >= 15 is 0 Å². The van der Waals surface area contributed by atoms with E-state index in [0.29, 0.717) is 0 Å². The van der Waals surface area contributed by atoms with Gasteiger partial charge < -0.3 is 10.6 Å². The van der Waals surface area contributed by atoms with Crippen LogP contribution >= 0.6 is 0 Å². The molecule has 1 fully saturated rings. The first-order valence-electron chi connectivity index (χ1n) is 6.06. The van der Waals surface area contributed by atoms with Gasteiger partial charge in [0.05, 0.1) is 13.1 Å². The first-order valence-corrected chi connectivity index (χ1v) is 6.06. The van der Waals surface area contributed by atoms with Gasteiger partial charge in [-0.1, -0.05) is 24.6 Å². The number of fused-ring (bicyclic) bond motifs is 3. The van der Waals surface area contributed by atoms with Crippen LogP contribution in [0.1, 0.15) is 30.7 Å². The Kier molecular flexibility index (Phi) is 2.17. The maximum absolute atomic E-state index is 3.99. The Balaban J connectivity index is 2.02. The molecule has 2 heteroatoms. The second-order valence-corrected chi connectivity index (χ2v) is 4.71. The van der Waals surface area contributed by atoms with Crippen molar-refractivity contribution in [3.63, 3.8) is 0 Å². The monoisotopic (exact) mass is 203 g/mol. The molecule has 1 aliphatic heterocycles. The molecule has 3 rings (SSSR count). The van der Waals surface area contributed by atoms with Gasteiger partial charge in [-0.05, 0) is 24.5 Å². The van der Waals surface area contributed by atoms with E-state index in [2.05, 4.69) is 34.9 Å². The van der Waals surface area contributed by atoms with Crippen LogP contribution in [0.15, 0.2) is 24.3 Å². The molecule has 0 spiro atoms. The SMILES string of the molecule is [NH3+]CCN1c2ccccc2C2CCCC21. The van der Waals surface area contributed by atoms with E-state index in [9.17, 15) is 0 Å². The fourth-order valence-electron chi connectivity index (χ4n) is 3.37. The third-order valence-corrected chi connectivity index (χ3v) is 3.92. The van der Waals surface area contributed by atoms with Crippen LogP contribution in [-0.2, 0) is 0 Å². The average Bonchev–Trinajstić information content (AvgIpc) is 2.82. The smallest absolute Gasteiger partial charge is 0.0918 e. The largest absolute Gasteiger partial charge is 0.362 e. The molecule has 80 valence electrons. The van der Waals surface area contributed by atoms with Gasteiger partial charge in [0.1, 0.15) is 0 Å². The lowest BCUT2D eigenvalue weighted by Crippen LogP contribution is -2.55. The van der Waals surface area contributed by atoms with E-state index in [1.165, 1.54) is 24.9 Å². The molecule has 1 saturated carbocycles. The predicted molar refractivity (Wildman–Crippen MR) is 61.9 cm³/mol. The van der Waals surface area contributed by atoms with Gasteiger partial charge in [-0.3, -0.25) is 0 Å². The first-order chi connectivity index (χ1) is 7.42. The second-order valence-electron chi connectivity index (χ2n) is 4.71. The number of quaternary nitrogens is 1. The van der Waals surface area contributed by atoms with E-state index in [0.717, 1.165) is 25.0 Å². The molecular weight excluding hydrogens is 184 g/mol. The molecule has 2 nitrogen and oxygen atoms in total. The zero-order chi connectivity index (χ0) is 10.3. The summed E-state index contributed by atoms with van der Waals surface area (Å²) in [7, 11) is 0. The number of rotatable bonds is 2. The number of hydrogen-bond donors (Lipinski definition) is 1. The summed E-state index contributed by atoms with van der Waals surface area (Å²) in [6.45, 7) is 2.13. The van der Waals surface area contributed by atoms with Crippen LogP contribution in [-0.4, -0.2) is 19.1 Å². The summed E-state index contributed by atoms with van der Waals surface area (Å²) in [6, 6.07) is 9.73. The standard InChI is InChI=1S/C13H18N2/c14-8-9-15-12-6-2-1-4-10(12)11-5-3-7-13(11)15/h1-2,4,6,11,13H,3,5,7-9,14H2/p+1. The number of nitrogens with zero attached hydrogens (tertiary/aromatic N) is 1. The maximum atomic E-state index is 3.99. The molecule has 2 aliphatic rings. The summed E-state index contributed by atoms with van der Waals surface area (Å²) in [4.78, 5) is 2.60. The van der Waals surface area contributed by atoms with Gasteiger partial charge in [-0.25, -0.2) is 0 Å². The average molecular weight is 203 g/mol. The van der Waals surface area contributed by atoms with Crippen LogP contribution in [0.4, 0.5) is 5.69 Å². The van der Waals surface area contributed by atoms with E-state index in [1.54, 1.807) is 5.56 Å². The minimum Gasteiger partial charge on any atom is -0.362 e. The minimum atomic E-state index is 0.782. The van der Waals surface area contributed by atoms with Crippen molar-refractivity contribution in [3.8, 4) is 0 Å². The van der Waals surface area contributed by atoms with Gasteiger partial charge >= 0.3 is 0 Å². The van der Waals surface area contributed by atoms with Crippen molar-refractivity contribution in [1.82, 2.24) is 0 Å². The van der Waals surface area contributed by atoms with Gasteiger partial charge in [-0.15, -0.1) is 0 Å². The number of anilines is 1. The molecule has 3 N–H and O–H groups in total. The summed E-state index contributed by atoms with van der Waals surface area (Å²) in [5.74, 6) is 0.813. The van der Waals surface area contributed by atoms with Crippen LogP contribution in [0.5, 0.6) is 0 Å². The Morgan fingerprint density at radius 1 is 1.27 bits per heavy atom. The van der Waals surface area contributed by atoms with Crippen molar-refractivity contribution in [1.29, 1.82) is 0 Å². The molecular formula is C13H19N2+. The topological polar surface area (TPSA) is 30.9 Å². The van der Waals surface area contributed by atoms with Gasteiger partial charge in [-0.2, -0.15) is 0 Å². The Hall–Kier alpha value is -1.02. The molecule has 0 radical (unpaired) electrons. The third kappa shape index (κ3) is 1.28. The highest BCUT2D eigenvalue weighted by molar-refractivity contribution is 5.62. The van der Waals surface area contributed by atoms with Gasteiger partial charge in [0.2, 0.25) is 0 Å². The normalized spacial score (nSPS) is 27.9. The molecule has 0 amide bonds. The molecule has 1 aromatic carbocycles. The van der Waals surface area contributed by atoms with Crippen molar-refractivity contribution in [2.24, 2.45) is 0 Å². The van der Waals surface area contributed by atoms with Crippen LogP contribution in [0, 0.1) is 0 Å². The molecule has 15 heavy (non-hydrogen) atoms. The Morgan fingerprint density at radius 2 is 2.13 bits per heavy atom. The lowest BCUT2D eigenvalue weighted by Gasteiger charge is -2.25. The highest BCUT2D eigenvalue weighted by Gasteiger charge is 2.40. The van der Waals surface area contributed by atoms with Crippen LogP contribution in [0.3, 0.4) is 0 Å². The van der Waals surface area contributed by atoms with Crippen molar-refractivity contribution in [2.45, 2.75) is 31.2 Å². The molecule has 1 aromatic rings. The van der Waals surface area contributed by atoms with Crippen molar-refractivity contribution in [3.05, 3.63) is 29.8 Å². The fraction of sp³-hybridized carbons (Fsp3) is 0.538. The van der Waals surface area contributed by atoms with Gasteiger partial charge in [0.25, 0.3) is 0 Å². The summed E-state index contributed by atoms with van der Waals surface area (Å²) < 4.78 is 0. The quantitative estimate of drug-likeness (QED) is 0.773. The van der Waals surface area contributed by atoms with Crippen LogP contribution < -0.4 is 10.6 Å². The van der Waals surface area contributed by atoms with Crippen molar-refractivity contribution in [2.75, 3.05) is 18.0 Å². The van der Waals surface area contributed by atoms with Crippen molar-refractivity contribution < 1.29 is 5.73 Å². The first kappa shape index (κ1) is 9.22. The van der Waals surface area contributed by atoms with E-state index in [-0.39, 0.29) is 0 Å². The molecule has 1 aliphatic carbocycles. The molecule has 0 saturated heterocycles. The van der Waals surface area contributed by atoms with Gasteiger partial charge in [0, 0.05) is 17.6 Å². The van der Waals surface area contributed by atoms with Crippen LogP contribution in [0.25, 0.3) is 0 Å². The zero-order valence-electron chi connectivity index (χ0n) is 9.15. The number of benzene rings is 1. The van der Waals surface area contributed by atoms with E-state index in [1.807, 2.05) is 0 Å². The zero-order valence-corrected chi connectivity index (χ0v) is 9.15. The third-order valence-electron chi connectivity index (χ3n) is 3.92. The summed E-state index contributed by atoms with van der Waals surface area (Å²) >= 11 is 0. The van der Waals surface area contributed by atoms with Crippen LogP contribution in [0.2, 0.25) is 0 Å². The lowest BCUT2D eigenvalue weighted by molar-refractivity contribution is -0.364. The summed E-state index contributed by atoms with van der Waals surface area (Å²) in [5.41, 5.74) is 7.07. The molecule has 2 atom stereocenters.